The number of nitrogens with one attached hydrogen (secondary N) is 1. The molecule has 1 fully saturated rings. The predicted octanol–water partition coefficient (Wildman–Crippen LogP) is 2.25. The summed E-state index contributed by atoms with van der Waals surface area (Å²) in [6.07, 6.45) is 1.65. The number of imide groups is 1. The van der Waals surface area contributed by atoms with Gasteiger partial charge < -0.3 is 4.74 Å². The maximum absolute atomic E-state index is 11.9. The van der Waals surface area contributed by atoms with Crippen LogP contribution in [0.2, 0.25) is 0 Å². The van der Waals surface area contributed by atoms with Crippen LogP contribution in [0, 0.1) is 0 Å². The van der Waals surface area contributed by atoms with Crippen molar-refractivity contribution in [2.75, 3.05) is 0 Å². The second-order valence-electron chi connectivity index (χ2n) is 4.33. The minimum Gasteiger partial charge on any atom is -0.427 e. The van der Waals surface area contributed by atoms with Gasteiger partial charge in [-0.25, -0.2) is 4.79 Å². The number of fused-ring (bicyclic) bond motifs is 2. The Kier molecular flexibility index (Phi) is 2.26. The van der Waals surface area contributed by atoms with Crippen LogP contribution in [0.3, 0.4) is 0 Å². The van der Waals surface area contributed by atoms with Gasteiger partial charge in [0, 0.05) is 16.5 Å². The Hall–Kier alpha value is -1.36. The fourth-order valence-electron chi connectivity index (χ4n) is 2.59. The molecule has 1 atom stereocenters. The Balaban J connectivity index is 2.17. The number of benzene rings is 1. The number of alkyl carbamates (subject to hydrolysis) is 1. The van der Waals surface area contributed by atoms with Crippen LogP contribution in [0.15, 0.2) is 22.7 Å². The van der Waals surface area contributed by atoms with Crippen LogP contribution >= 0.6 is 15.9 Å². The number of rotatable bonds is 0. The van der Waals surface area contributed by atoms with E-state index < -0.39 is 11.7 Å². The van der Waals surface area contributed by atoms with Crippen LogP contribution in [0.25, 0.3) is 0 Å². The molecule has 1 aliphatic carbocycles. The predicted molar refractivity (Wildman–Crippen MR) is 63.4 cm³/mol. The molecule has 1 N–H and O–H groups in total. The molecule has 2 amide bonds. The van der Waals surface area contributed by atoms with Gasteiger partial charge in [-0.1, -0.05) is 22.0 Å². The third-order valence-electron chi connectivity index (χ3n) is 3.33. The molecule has 0 bridgehead atoms. The first-order valence-electron chi connectivity index (χ1n) is 5.45. The minimum absolute atomic E-state index is 0.342. The van der Waals surface area contributed by atoms with E-state index in [1.54, 1.807) is 0 Å². The number of amides is 2. The van der Waals surface area contributed by atoms with Crippen molar-refractivity contribution in [2.24, 2.45) is 0 Å². The highest BCUT2D eigenvalue weighted by Crippen LogP contribution is 2.41. The Morgan fingerprint density at radius 2 is 2.18 bits per heavy atom. The quantitative estimate of drug-likeness (QED) is 0.799. The molecule has 17 heavy (non-hydrogen) atoms. The molecule has 5 heteroatoms. The summed E-state index contributed by atoms with van der Waals surface area (Å²) >= 11 is 3.41. The van der Waals surface area contributed by atoms with E-state index in [4.69, 9.17) is 4.74 Å². The van der Waals surface area contributed by atoms with Gasteiger partial charge in [0.2, 0.25) is 5.60 Å². The smallest absolute Gasteiger partial charge is 0.415 e. The second-order valence-corrected chi connectivity index (χ2v) is 5.24. The lowest BCUT2D eigenvalue weighted by molar-refractivity contribution is -0.133. The average Bonchev–Trinajstić information content (AvgIpc) is 2.54. The summed E-state index contributed by atoms with van der Waals surface area (Å²) in [7, 11) is 0. The summed E-state index contributed by atoms with van der Waals surface area (Å²) in [5.74, 6) is -0.342. The van der Waals surface area contributed by atoms with Crippen LogP contribution < -0.4 is 5.32 Å². The van der Waals surface area contributed by atoms with E-state index in [2.05, 4.69) is 21.2 Å². The van der Waals surface area contributed by atoms with Gasteiger partial charge in [-0.2, -0.15) is 0 Å². The molecule has 1 spiro atoms. The van der Waals surface area contributed by atoms with Gasteiger partial charge >= 0.3 is 6.09 Å². The maximum atomic E-state index is 11.9. The molecule has 0 aromatic heterocycles. The lowest BCUT2D eigenvalue weighted by Crippen LogP contribution is -2.39. The van der Waals surface area contributed by atoms with Gasteiger partial charge in [-0.15, -0.1) is 0 Å². The lowest BCUT2D eigenvalue weighted by atomic mass is 9.79. The zero-order chi connectivity index (χ0) is 12.0. The maximum Gasteiger partial charge on any atom is 0.415 e. The van der Waals surface area contributed by atoms with E-state index in [0.717, 1.165) is 28.4 Å². The SMILES string of the molecule is O=C1NC(=O)[C@@]2(CCCc3cc(Br)ccc32)O1. The van der Waals surface area contributed by atoms with E-state index in [1.807, 2.05) is 18.2 Å². The van der Waals surface area contributed by atoms with E-state index in [-0.39, 0.29) is 5.91 Å². The number of hydrogen-bond donors (Lipinski definition) is 1. The van der Waals surface area contributed by atoms with Crippen molar-refractivity contribution in [3.05, 3.63) is 33.8 Å². The molecule has 2 aliphatic rings. The summed E-state index contributed by atoms with van der Waals surface area (Å²) < 4.78 is 6.22. The molecular weight excluding hydrogens is 286 g/mol. The largest absolute Gasteiger partial charge is 0.427 e. The van der Waals surface area contributed by atoms with Gasteiger partial charge in [-0.05, 0) is 30.5 Å². The molecule has 0 saturated carbocycles. The minimum atomic E-state index is -1.09. The molecule has 3 rings (SSSR count). The Morgan fingerprint density at radius 3 is 2.88 bits per heavy atom. The molecule has 1 aromatic rings. The first-order chi connectivity index (χ1) is 8.12. The average molecular weight is 296 g/mol. The van der Waals surface area contributed by atoms with Crippen LogP contribution in [0.4, 0.5) is 4.79 Å². The number of hydrogen-bond acceptors (Lipinski definition) is 3. The molecule has 4 nitrogen and oxygen atoms in total. The van der Waals surface area contributed by atoms with Crippen molar-refractivity contribution in [3.63, 3.8) is 0 Å². The standard InChI is InChI=1S/C12H10BrNO3/c13-8-3-4-9-7(6-8)2-1-5-12(9)10(15)14-11(16)17-12/h3-4,6H,1-2,5H2,(H,14,15,16)/t12-/m0/s1. The van der Waals surface area contributed by atoms with Crippen molar-refractivity contribution >= 4 is 27.9 Å². The zero-order valence-electron chi connectivity index (χ0n) is 8.96. The van der Waals surface area contributed by atoms with Crippen LogP contribution in [0.1, 0.15) is 24.0 Å². The van der Waals surface area contributed by atoms with Crippen molar-refractivity contribution in [3.8, 4) is 0 Å². The summed E-state index contributed by atoms with van der Waals surface area (Å²) in [5, 5.41) is 2.22. The zero-order valence-corrected chi connectivity index (χ0v) is 10.5. The number of ether oxygens (including phenoxy) is 1. The fourth-order valence-corrected chi connectivity index (χ4v) is 3.00. The van der Waals surface area contributed by atoms with Gasteiger partial charge in [0.05, 0.1) is 0 Å². The molecule has 1 aromatic carbocycles. The van der Waals surface area contributed by atoms with Gasteiger partial charge in [0.15, 0.2) is 0 Å². The van der Waals surface area contributed by atoms with E-state index in [0.29, 0.717) is 6.42 Å². The van der Waals surface area contributed by atoms with Crippen molar-refractivity contribution in [2.45, 2.75) is 24.9 Å². The molecule has 0 radical (unpaired) electrons. The van der Waals surface area contributed by atoms with Crippen molar-refractivity contribution in [1.82, 2.24) is 5.32 Å². The molecule has 1 saturated heterocycles. The first-order valence-corrected chi connectivity index (χ1v) is 6.24. The fraction of sp³-hybridized carbons (Fsp3) is 0.333. The summed E-state index contributed by atoms with van der Waals surface area (Å²) in [5.41, 5.74) is 0.788. The summed E-state index contributed by atoms with van der Waals surface area (Å²) in [4.78, 5) is 23.2. The number of carbonyl (C=O) groups excluding carboxylic acids is 2. The van der Waals surface area contributed by atoms with E-state index in [1.165, 1.54) is 0 Å². The molecule has 88 valence electrons. The van der Waals surface area contributed by atoms with Gasteiger partial charge in [0.1, 0.15) is 0 Å². The highest BCUT2D eigenvalue weighted by atomic mass is 79.9. The molecular formula is C12H10BrNO3. The number of carbonyl (C=O) groups is 2. The molecule has 1 aliphatic heterocycles. The second kappa shape index (κ2) is 3.57. The number of halogens is 1. The number of aryl methyl sites for hydroxylation is 1. The Labute approximate surface area is 106 Å². The Bertz CT molecular complexity index is 528. The highest BCUT2D eigenvalue weighted by molar-refractivity contribution is 9.10. The lowest BCUT2D eigenvalue weighted by Gasteiger charge is -2.31. The third-order valence-corrected chi connectivity index (χ3v) is 3.82. The van der Waals surface area contributed by atoms with E-state index >= 15 is 0 Å². The van der Waals surface area contributed by atoms with Crippen LogP contribution in [-0.4, -0.2) is 12.0 Å². The normalized spacial score (nSPS) is 26.6. The highest BCUT2D eigenvalue weighted by Gasteiger charge is 2.52. The van der Waals surface area contributed by atoms with Crippen molar-refractivity contribution in [1.29, 1.82) is 0 Å². The monoisotopic (exact) mass is 295 g/mol. The topological polar surface area (TPSA) is 55.4 Å². The molecule has 0 unspecified atom stereocenters. The Morgan fingerprint density at radius 1 is 1.35 bits per heavy atom. The summed E-state index contributed by atoms with van der Waals surface area (Å²) in [6.45, 7) is 0. The summed E-state index contributed by atoms with van der Waals surface area (Å²) in [6, 6.07) is 5.71. The first kappa shape index (κ1) is 10.8. The van der Waals surface area contributed by atoms with Gasteiger partial charge in [-0.3, -0.25) is 10.1 Å². The van der Waals surface area contributed by atoms with Crippen LogP contribution in [0.5, 0.6) is 0 Å². The van der Waals surface area contributed by atoms with E-state index in [9.17, 15) is 9.59 Å². The third kappa shape index (κ3) is 1.49. The molecule has 1 heterocycles. The van der Waals surface area contributed by atoms with Crippen LogP contribution in [-0.2, 0) is 21.6 Å². The van der Waals surface area contributed by atoms with Crippen molar-refractivity contribution < 1.29 is 14.3 Å². The van der Waals surface area contributed by atoms with Gasteiger partial charge in [0.25, 0.3) is 5.91 Å².